The zero-order valence-corrected chi connectivity index (χ0v) is 17.3. The molecule has 1 aliphatic heterocycles. The van der Waals surface area contributed by atoms with E-state index in [-0.39, 0.29) is 12.0 Å². The molecule has 32 heavy (non-hydrogen) atoms. The summed E-state index contributed by atoms with van der Waals surface area (Å²) in [5.41, 5.74) is 1.93. The molecule has 1 fully saturated rings. The Morgan fingerprint density at radius 2 is 1.72 bits per heavy atom. The molecular weight excluding hydrogens is 416 g/mol. The molecule has 3 aromatic carbocycles. The quantitative estimate of drug-likeness (QED) is 0.605. The monoisotopic (exact) mass is 437 g/mol. The van der Waals surface area contributed by atoms with Crippen molar-refractivity contribution in [2.24, 2.45) is 0 Å². The normalized spacial score (nSPS) is 17.9. The van der Waals surface area contributed by atoms with Gasteiger partial charge < -0.3 is 14.7 Å². The van der Waals surface area contributed by atoms with E-state index in [9.17, 15) is 23.5 Å². The SMILES string of the molecule is COc1cccc(-c2ccccc2)c1C(=O)N1C(C(=O)O)CCC1c1ccc(F)c(F)c1. The fourth-order valence-corrected chi connectivity index (χ4v) is 4.29. The predicted molar refractivity (Wildman–Crippen MR) is 114 cm³/mol. The van der Waals surface area contributed by atoms with Crippen LogP contribution in [0.15, 0.2) is 66.7 Å². The number of aliphatic carboxylic acids is 1. The average molecular weight is 437 g/mol. The number of rotatable bonds is 5. The topological polar surface area (TPSA) is 66.8 Å². The van der Waals surface area contributed by atoms with Crippen LogP contribution < -0.4 is 4.74 Å². The lowest BCUT2D eigenvalue weighted by molar-refractivity contribution is -0.141. The summed E-state index contributed by atoms with van der Waals surface area (Å²) < 4.78 is 32.9. The van der Waals surface area contributed by atoms with Crippen LogP contribution in [0, 0.1) is 11.6 Å². The van der Waals surface area contributed by atoms with Crippen LogP contribution >= 0.6 is 0 Å². The van der Waals surface area contributed by atoms with Crippen LogP contribution in [-0.4, -0.2) is 35.0 Å². The molecule has 1 amide bonds. The maximum atomic E-state index is 13.9. The second-order valence-corrected chi connectivity index (χ2v) is 7.58. The zero-order chi connectivity index (χ0) is 22.8. The number of carbonyl (C=O) groups excluding carboxylic acids is 1. The van der Waals surface area contributed by atoms with E-state index < -0.39 is 35.6 Å². The molecule has 1 saturated heterocycles. The number of carboxylic acid groups (broad SMARTS) is 1. The molecule has 2 unspecified atom stereocenters. The standard InChI is InChI=1S/C25H21F2NO4/c1-32-22-9-5-8-17(15-6-3-2-4-7-15)23(22)24(29)28-20(12-13-21(28)25(30)31)16-10-11-18(26)19(27)14-16/h2-11,14,20-21H,12-13H2,1H3,(H,30,31). The summed E-state index contributed by atoms with van der Waals surface area (Å²) in [7, 11) is 1.44. The molecule has 0 spiro atoms. The van der Waals surface area contributed by atoms with Crippen molar-refractivity contribution in [1.29, 1.82) is 0 Å². The van der Waals surface area contributed by atoms with Gasteiger partial charge in [0.1, 0.15) is 11.8 Å². The Hall–Kier alpha value is -3.74. The summed E-state index contributed by atoms with van der Waals surface area (Å²) in [4.78, 5) is 27.1. The highest BCUT2D eigenvalue weighted by Gasteiger charge is 2.43. The van der Waals surface area contributed by atoms with Gasteiger partial charge in [-0.05, 0) is 47.7 Å². The summed E-state index contributed by atoms with van der Waals surface area (Å²) in [6, 6.07) is 15.9. The van der Waals surface area contributed by atoms with E-state index in [2.05, 4.69) is 0 Å². The Morgan fingerprint density at radius 3 is 2.38 bits per heavy atom. The van der Waals surface area contributed by atoms with E-state index in [0.29, 0.717) is 23.3 Å². The van der Waals surface area contributed by atoms with Gasteiger partial charge in [0.25, 0.3) is 5.91 Å². The number of hydrogen-bond acceptors (Lipinski definition) is 3. The third-order valence-corrected chi connectivity index (χ3v) is 5.78. The van der Waals surface area contributed by atoms with E-state index in [1.165, 1.54) is 18.1 Å². The molecule has 7 heteroatoms. The summed E-state index contributed by atoms with van der Waals surface area (Å²) in [5, 5.41) is 9.80. The van der Waals surface area contributed by atoms with Crippen molar-refractivity contribution in [3.05, 3.63) is 89.5 Å². The third kappa shape index (κ3) is 3.82. The predicted octanol–water partition coefficient (Wildman–Crippen LogP) is 5.07. The summed E-state index contributed by atoms with van der Waals surface area (Å²) >= 11 is 0. The van der Waals surface area contributed by atoms with Gasteiger partial charge in [0.2, 0.25) is 0 Å². The smallest absolute Gasteiger partial charge is 0.326 e. The van der Waals surface area contributed by atoms with Crippen LogP contribution in [0.1, 0.15) is 34.8 Å². The van der Waals surface area contributed by atoms with Crippen LogP contribution in [0.3, 0.4) is 0 Å². The van der Waals surface area contributed by atoms with Gasteiger partial charge in [0.05, 0.1) is 18.7 Å². The molecule has 1 N–H and O–H groups in total. The first-order chi connectivity index (χ1) is 15.4. The maximum Gasteiger partial charge on any atom is 0.326 e. The van der Waals surface area contributed by atoms with Crippen molar-refractivity contribution < 1.29 is 28.2 Å². The number of methoxy groups -OCH3 is 1. The van der Waals surface area contributed by atoms with Crippen molar-refractivity contribution in [3.8, 4) is 16.9 Å². The minimum atomic E-state index is -1.15. The van der Waals surface area contributed by atoms with Crippen molar-refractivity contribution >= 4 is 11.9 Å². The first-order valence-electron chi connectivity index (χ1n) is 10.1. The third-order valence-electron chi connectivity index (χ3n) is 5.78. The fourth-order valence-electron chi connectivity index (χ4n) is 4.29. The summed E-state index contributed by atoms with van der Waals surface area (Å²) in [5.74, 6) is -3.44. The number of carbonyl (C=O) groups is 2. The van der Waals surface area contributed by atoms with Crippen LogP contribution in [0.5, 0.6) is 5.75 Å². The van der Waals surface area contributed by atoms with E-state index >= 15 is 0 Å². The second kappa shape index (κ2) is 8.78. The molecule has 5 nitrogen and oxygen atoms in total. The van der Waals surface area contributed by atoms with Gasteiger partial charge >= 0.3 is 5.97 Å². The molecule has 0 saturated carbocycles. The number of likely N-dealkylation sites (tertiary alicyclic amines) is 1. The van der Waals surface area contributed by atoms with Crippen LogP contribution in [0.4, 0.5) is 8.78 Å². The molecule has 0 radical (unpaired) electrons. The Kier molecular flexibility index (Phi) is 5.90. The molecule has 0 aliphatic carbocycles. The van der Waals surface area contributed by atoms with Crippen LogP contribution in [0.2, 0.25) is 0 Å². The largest absolute Gasteiger partial charge is 0.496 e. The summed E-state index contributed by atoms with van der Waals surface area (Å²) in [6.45, 7) is 0. The number of benzene rings is 3. The molecule has 0 bridgehead atoms. The van der Waals surface area contributed by atoms with Crippen molar-refractivity contribution in [2.45, 2.75) is 24.9 Å². The Balaban J connectivity index is 1.85. The number of hydrogen-bond donors (Lipinski definition) is 1. The molecule has 1 aliphatic rings. The highest BCUT2D eigenvalue weighted by molar-refractivity contribution is 6.05. The van der Waals surface area contributed by atoms with Gasteiger partial charge in [0, 0.05) is 0 Å². The molecule has 164 valence electrons. The minimum Gasteiger partial charge on any atom is -0.496 e. The van der Waals surface area contributed by atoms with Gasteiger partial charge in [-0.1, -0.05) is 48.5 Å². The number of carboxylic acids is 1. The van der Waals surface area contributed by atoms with E-state index in [4.69, 9.17) is 4.74 Å². The van der Waals surface area contributed by atoms with Gasteiger partial charge in [-0.25, -0.2) is 13.6 Å². The lowest BCUT2D eigenvalue weighted by Gasteiger charge is -2.30. The van der Waals surface area contributed by atoms with Gasteiger partial charge in [0.15, 0.2) is 11.6 Å². The summed E-state index contributed by atoms with van der Waals surface area (Å²) in [6.07, 6.45) is 0.504. The Morgan fingerprint density at radius 1 is 0.969 bits per heavy atom. The van der Waals surface area contributed by atoms with Gasteiger partial charge in [-0.2, -0.15) is 0 Å². The molecule has 1 heterocycles. The number of nitrogens with zero attached hydrogens (tertiary/aromatic N) is 1. The number of halogens is 2. The second-order valence-electron chi connectivity index (χ2n) is 7.58. The van der Waals surface area contributed by atoms with Crippen molar-refractivity contribution in [3.63, 3.8) is 0 Å². The van der Waals surface area contributed by atoms with Gasteiger partial charge in [-0.15, -0.1) is 0 Å². The van der Waals surface area contributed by atoms with E-state index in [1.54, 1.807) is 18.2 Å². The Labute approximate surface area is 183 Å². The fraction of sp³-hybridized carbons (Fsp3) is 0.200. The number of ether oxygens (including phenoxy) is 1. The first-order valence-corrected chi connectivity index (χ1v) is 10.1. The number of amides is 1. The first kappa shape index (κ1) is 21.5. The van der Waals surface area contributed by atoms with Crippen molar-refractivity contribution in [2.75, 3.05) is 7.11 Å². The molecule has 0 aromatic heterocycles. The Bertz CT molecular complexity index is 1170. The zero-order valence-electron chi connectivity index (χ0n) is 17.3. The molecule has 3 aromatic rings. The highest BCUT2D eigenvalue weighted by atomic mass is 19.2. The minimum absolute atomic E-state index is 0.195. The lowest BCUT2D eigenvalue weighted by Crippen LogP contribution is -2.42. The van der Waals surface area contributed by atoms with Crippen molar-refractivity contribution in [1.82, 2.24) is 4.90 Å². The molecule has 4 rings (SSSR count). The van der Waals surface area contributed by atoms with E-state index in [0.717, 1.165) is 17.7 Å². The average Bonchev–Trinajstić information content (AvgIpc) is 3.26. The van der Waals surface area contributed by atoms with Crippen LogP contribution in [-0.2, 0) is 4.79 Å². The maximum absolute atomic E-state index is 13.9. The molecule has 2 atom stereocenters. The lowest BCUT2D eigenvalue weighted by atomic mass is 9.96. The molecular formula is C25H21F2NO4. The van der Waals surface area contributed by atoms with Gasteiger partial charge in [-0.3, -0.25) is 4.79 Å². The van der Waals surface area contributed by atoms with E-state index in [1.807, 2.05) is 30.3 Å². The highest BCUT2D eigenvalue weighted by Crippen LogP contribution is 2.41. The van der Waals surface area contributed by atoms with Crippen LogP contribution in [0.25, 0.3) is 11.1 Å².